The monoisotopic (exact) mass is 329 g/mol. The lowest BCUT2D eigenvalue weighted by Crippen LogP contribution is -2.45. The lowest BCUT2D eigenvalue weighted by atomic mass is 10.0. The first kappa shape index (κ1) is 16.4. The standard InChI is InChI=1S/C16H21Cl2NO2/c1-10(2)11(3)19(13-5-6-13)16(20)9-21-15-7-4-12(17)8-14(15)18/h4,7-8,10-11,13H,5-6,9H2,1-3H3. The topological polar surface area (TPSA) is 29.5 Å². The third-order valence-electron chi connectivity index (χ3n) is 3.88. The van der Waals surface area contributed by atoms with Gasteiger partial charge in [0.25, 0.3) is 5.91 Å². The molecule has 1 aromatic rings. The van der Waals surface area contributed by atoms with Gasteiger partial charge in [0.15, 0.2) is 6.61 Å². The third kappa shape index (κ3) is 4.27. The van der Waals surface area contributed by atoms with Crippen molar-refractivity contribution in [3.8, 4) is 5.75 Å². The van der Waals surface area contributed by atoms with E-state index in [1.807, 2.05) is 4.90 Å². The molecule has 116 valence electrons. The maximum Gasteiger partial charge on any atom is 0.261 e. The molecule has 0 aromatic heterocycles. The van der Waals surface area contributed by atoms with Crippen LogP contribution in [0.1, 0.15) is 33.6 Å². The Balaban J connectivity index is 1.99. The van der Waals surface area contributed by atoms with Crippen LogP contribution >= 0.6 is 23.2 Å². The molecule has 1 aliphatic rings. The van der Waals surface area contributed by atoms with Crippen LogP contribution in [0.3, 0.4) is 0 Å². The zero-order valence-corrected chi connectivity index (χ0v) is 14.1. The second kappa shape index (κ2) is 6.89. The molecule has 0 spiro atoms. The number of nitrogens with zero attached hydrogens (tertiary/aromatic N) is 1. The summed E-state index contributed by atoms with van der Waals surface area (Å²) in [5.74, 6) is 0.931. The molecule has 1 aliphatic carbocycles. The van der Waals surface area contributed by atoms with Gasteiger partial charge in [-0.15, -0.1) is 0 Å². The van der Waals surface area contributed by atoms with Crippen molar-refractivity contribution >= 4 is 29.1 Å². The van der Waals surface area contributed by atoms with Crippen LogP contribution in [0.15, 0.2) is 18.2 Å². The fraction of sp³-hybridized carbons (Fsp3) is 0.562. The number of hydrogen-bond acceptors (Lipinski definition) is 2. The van der Waals surface area contributed by atoms with E-state index in [9.17, 15) is 4.79 Å². The van der Waals surface area contributed by atoms with Crippen LogP contribution in [-0.2, 0) is 4.79 Å². The first-order valence-corrected chi connectivity index (χ1v) is 8.04. The Morgan fingerprint density at radius 1 is 1.33 bits per heavy atom. The van der Waals surface area contributed by atoms with Gasteiger partial charge < -0.3 is 9.64 Å². The summed E-state index contributed by atoms with van der Waals surface area (Å²) < 4.78 is 5.56. The van der Waals surface area contributed by atoms with Crippen LogP contribution in [0.4, 0.5) is 0 Å². The average molecular weight is 330 g/mol. The molecule has 2 rings (SSSR count). The van der Waals surface area contributed by atoms with Crippen LogP contribution < -0.4 is 4.74 Å². The van der Waals surface area contributed by atoms with Crippen molar-refractivity contribution in [1.82, 2.24) is 4.90 Å². The van der Waals surface area contributed by atoms with Gasteiger partial charge in [-0.3, -0.25) is 4.79 Å². The predicted octanol–water partition coefficient (Wildman–Crippen LogP) is 4.41. The molecule has 0 aliphatic heterocycles. The Bertz CT molecular complexity index is 515. The number of rotatable bonds is 6. The zero-order chi connectivity index (χ0) is 15.6. The van der Waals surface area contributed by atoms with Crippen LogP contribution in [0.5, 0.6) is 5.75 Å². The third-order valence-corrected chi connectivity index (χ3v) is 4.41. The van der Waals surface area contributed by atoms with Crippen molar-refractivity contribution in [2.75, 3.05) is 6.61 Å². The highest BCUT2D eigenvalue weighted by atomic mass is 35.5. The molecule has 5 heteroatoms. The predicted molar refractivity (Wildman–Crippen MR) is 86.1 cm³/mol. The second-order valence-electron chi connectivity index (χ2n) is 5.88. The number of carbonyl (C=O) groups excluding carboxylic acids is 1. The SMILES string of the molecule is CC(C)C(C)N(C(=O)COc1ccc(Cl)cc1Cl)C1CC1. The normalized spacial score (nSPS) is 15.9. The molecular weight excluding hydrogens is 309 g/mol. The van der Waals surface area contributed by atoms with Gasteiger partial charge in [-0.2, -0.15) is 0 Å². The molecule has 1 saturated carbocycles. The maximum atomic E-state index is 12.5. The van der Waals surface area contributed by atoms with Crippen LogP contribution in [-0.4, -0.2) is 29.5 Å². The number of carbonyl (C=O) groups is 1. The largest absolute Gasteiger partial charge is 0.482 e. The molecule has 3 nitrogen and oxygen atoms in total. The first-order chi connectivity index (χ1) is 9.90. The molecule has 0 saturated heterocycles. The van der Waals surface area contributed by atoms with E-state index in [0.717, 1.165) is 12.8 Å². The lowest BCUT2D eigenvalue weighted by Gasteiger charge is -2.32. The van der Waals surface area contributed by atoms with Crippen molar-refractivity contribution in [2.24, 2.45) is 5.92 Å². The fourth-order valence-electron chi connectivity index (χ4n) is 2.24. The lowest BCUT2D eigenvalue weighted by molar-refractivity contribution is -0.137. The Hall–Kier alpha value is -0.930. The minimum absolute atomic E-state index is 0.00884. The molecule has 1 amide bonds. The highest BCUT2D eigenvalue weighted by Gasteiger charge is 2.36. The highest BCUT2D eigenvalue weighted by molar-refractivity contribution is 6.35. The van der Waals surface area contributed by atoms with Gasteiger partial charge in [0.05, 0.1) is 5.02 Å². The van der Waals surface area contributed by atoms with Crippen molar-refractivity contribution in [3.05, 3.63) is 28.2 Å². The Morgan fingerprint density at radius 3 is 2.52 bits per heavy atom. The van der Waals surface area contributed by atoms with Crippen LogP contribution in [0.2, 0.25) is 10.0 Å². The summed E-state index contributed by atoms with van der Waals surface area (Å²) in [6.07, 6.45) is 2.18. The number of ether oxygens (including phenoxy) is 1. The number of halogens is 2. The van der Waals surface area contributed by atoms with Gasteiger partial charge in [0.1, 0.15) is 5.75 Å². The van der Waals surface area contributed by atoms with E-state index < -0.39 is 0 Å². The van der Waals surface area contributed by atoms with Crippen molar-refractivity contribution < 1.29 is 9.53 Å². The Kier molecular flexibility index (Phi) is 5.39. The quantitative estimate of drug-likeness (QED) is 0.773. The summed E-state index contributed by atoms with van der Waals surface area (Å²) in [5, 5.41) is 0.969. The van der Waals surface area contributed by atoms with E-state index in [1.54, 1.807) is 18.2 Å². The van der Waals surface area contributed by atoms with Crippen LogP contribution in [0, 0.1) is 5.92 Å². The number of hydrogen-bond donors (Lipinski definition) is 0. The van der Waals surface area contributed by atoms with Gasteiger partial charge in [0, 0.05) is 17.1 Å². The van der Waals surface area contributed by atoms with Crippen molar-refractivity contribution in [2.45, 2.75) is 45.7 Å². The summed E-state index contributed by atoms with van der Waals surface area (Å²) >= 11 is 11.9. The molecule has 1 unspecified atom stereocenters. The molecule has 1 fully saturated rings. The minimum Gasteiger partial charge on any atom is -0.482 e. The average Bonchev–Trinajstić information content (AvgIpc) is 3.22. The first-order valence-electron chi connectivity index (χ1n) is 7.29. The number of benzene rings is 1. The molecule has 1 aromatic carbocycles. The minimum atomic E-state index is 0.00884. The van der Waals surface area contributed by atoms with E-state index in [2.05, 4.69) is 20.8 Å². The van der Waals surface area contributed by atoms with E-state index >= 15 is 0 Å². The van der Waals surface area contributed by atoms with Crippen LogP contribution in [0.25, 0.3) is 0 Å². The Morgan fingerprint density at radius 2 is 2.00 bits per heavy atom. The summed E-state index contributed by atoms with van der Waals surface area (Å²) in [5.41, 5.74) is 0. The molecule has 0 bridgehead atoms. The molecule has 0 heterocycles. The van der Waals surface area contributed by atoms with E-state index in [-0.39, 0.29) is 18.6 Å². The molecule has 0 N–H and O–H groups in total. The van der Waals surface area contributed by atoms with Crippen molar-refractivity contribution in [1.29, 1.82) is 0 Å². The van der Waals surface area contributed by atoms with E-state index in [0.29, 0.717) is 27.8 Å². The molecule has 1 atom stereocenters. The van der Waals surface area contributed by atoms with Gasteiger partial charge in [-0.1, -0.05) is 37.0 Å². The zero-order valence-electron chi connectivity index (χ0n) is 12.6. The van der Waals surface area contributed by atoms with Crippen molar-refractivity contribution in [3.63, 3.8) is 0 Å². The second-order valence-corrected chi connectivity index (χ2v) is 6.72. The molecule has 0 radical (unpaired) electrons. The van der Waals surface area contributed by atoms with E-state index in [1.165, 1.54) is 0 Å². The summed E-state index contributed by atoms with van der Waals surface area (Å²) in [7, 11) is 0. The smallest absolute Gasteiger partial charge is 0.261 e. The fourth-order valence-corrected chi connectivity index (χ4v) is 2.71. The molecular formula is C16H21Cl2NO2. The maximum absolute atomic E-state index is 12.5. The van der Waals surface area contributed by atoms with Gasteiger partial charge >= 0.3 is 0 Å². The summed E-state index contributed by atoms with van der Waals surface area (Å²) in [6.45, 7) is 6.36. The highest BCUT2D eigenvalue weighted by Crippen LogP contribution is 2.31. The van der Waals surface area contributed by atoms with Gasteiger partial charge in [-0.25, -0.2) is 0 Å². The summed E-state index contributed by atoms with van der Waals surface area (Å²) in [6, 6.07) is 5.58. The Labute approximate surface area is 136 Å². The van der Waals surface area contributed by atoms with E-state index in [4.69, 9.17) is 27.9 Å². The van der Waals surface area contributed by atoms with Gasteiger partial charge in [-0.05, 0) is 43.9 Å². The number of amides is 1. The molecule has 21 heavy (non-hydrogen) atoms. The van der Waals surface area contributed by atoms with Gasteiger partial charge in [0.2, 0.25) is 0 Å². The summed E-state index contributed by atoms with van der Waals surface area (Å²) in [4.78, 5) is 14.4.